The molecule has 3 nitrogen and oxygen atoms in total. The van der Waals surface area contributed by atoms with Crippen molar-refractivity contribution in [2.24, 2.45) is 0 Å². The predicted octanol–water partition coefficient (Wildman–Crippen LogP) is 1.06. The first kappa shape index (κ1) is 6.77. The fourth-order valence-electron chi connectivity index (χ4n) is 0.531. The van der Waals surface area contributed by atoms with Gasteiger partial charge in [0.25, 0.3) is 0 Å². The van der Waals surface area contributed by atoms with E-state index in [0.717, 1.165) is 5.69 Å². The zero-order chi connectivity index (χ0) is 6.69. The van der Waals surface area contributed by atoms with Crippen LogP contribution in [0.3, 0.4) is 0 Å². The van der Waals surface area contributed by atoms with Gasteiger partial charge in [0.05, 0.1) is 5.69 Å². The van der Waals surface area contributed by atoms with Crippen molar-refractivity contribution in [3.8, 4) is 0 Å². The molecular formula is C5H6BrNO2. The summed E-state index contributed by atoms with van der Waals surface area (Å²) in [7, 11) is 0. The van der Waals surface area contributed by atoms with E-state index in [0.29, 0.717) is 11.1 Å². The van der Waals surface area contributed by atoms with Gasteiger partial charge in [-0.3, -0.25) is 0 Å². The second kappa shape index (κ2) is 2.98. The Bertz CT molecular complexity index is 168. The lowest BCUT2D eigenvalue weighted by molar-refractivity contribution is 0.246. The fourth-order valence-corrected chi connectivity index (χ4v) is 0.989. The summed E-state index contributed by atoms with van der Waals surface area (Å²) in [6.07, 6.45) is 1.32. The average molecular weight is 192 g/mol. The van der Waals surface area contributed by atoms with Crippen LogP contribution in [-0.2, 0) is 11.9 Å². The number of rotatable bonds is 2. The van der Waals surface area contributed by atoms with Gasteiger partial charge >= 0.3 is 0 Å². The monoisotopic (exact) mass is 191 g/mol. The lowest BCUT2D eigenvalue weighted by Gasteiger charge is -1.88. The van der Waals surface area contributed by atoms with Gasteiger partial charge in [-0.25, -0.2) is 4.98 Å². The van der Waals surface area contributed by atoms with Crippen LogP contribution in [0, 0.1) is 0 Å². The summed E-state index contributed by atoms with van der Waals surface area (Å²) >= 11 is 3.19. The number of halogens is 1. The molecule has 0 unspecified atom stereocenters. The molecule has 0 aliphatic rings. The minimum absolute atomic E-state index is 0.0824. The standard InChI is InChI=1S/C5H6BrNO2/c6-1-4-5(2-8)9-3-7-4/h3,8H,1-2H2. The molecule has 0 aliphatic carbocycles. The van der Waals surface area contributed by atoms with E-state index in [1.807, 2.05) is 0 Å². The first-order valence-electron chi connectivity index (χ1n) is 2.46. The third-order valence-electron chi connectivity index (χ3n) is 0.996. The quantitative estimate of drug-likeness (QED) is 0.712. The molecule has 4 heteroatoms. The van der Waals surface area contributed by atoms with Crippen molar-refractivity contribution in [3.63, 3.8) is 0 Å². The van der Waals surface area contributed by atoms with E-state index in [9.17, 15) is 0 Å². The molecule has 0 amide bonds. The lowest BCUT2D eigenvalue weighted by atomic mass is 10.4. The molecule has 1 aromatic rings. The van der Waals surface area contributed by atoms with Crippen molar-refractivity contribution >= 4 is 15.9 Å². The minimum atomic E-state index is -0.0824. The molecule has 0 spiro atoms. The van der Waals surface area contributed by atoms with Gasteiger partial charge in [0.15, 0.2) is 12.2 Å². The molecule has 0 saturated heterocycles. The summed E-state index contributed by atoms with van der Waals surface area (Å²) in [5, 5.41) is 9.21. The number of aliphatic hydroxyl groups is 1. The SMILES string of the molecule is OCc1ocnc1CBr. The zero-order valence-electron chi connectivity index (χ0n) is 4.67. The first-order chi connectivity index (χ1) is 4.38. The van der Waals surface area contributed by atoms with Crippen LogP contribution in [0.15, 0.2) is 10.8 Å². The maximum absolute atomic E-state index is 8.58. The van der Waals surface area contributed by atoms with Crippen LogP contribution in [0.2, 0.25) is 0 Å². The van der Waals surface area contributed by atoms with Crippen LogP contribution in [0.25, 0.3) is 0 Å². The lowest BCUT2D eigenvalue weighted by Crippen LogP contribution is -1.85. The van der Waals surface area contributed by atoms with E-state index in [1.54, 1.807) is 0 Å². The highest BCUT2D eigenvalue weighted by Crippen LogP contribution is 2.09. The second-order valence-corrected chi connectivity index (χ2v) is 2.07. The van der Waals surface area contributed by atoms with Crippen LogP contribution < -0.4 is 0 Å². The second-order valence-electron chi connectivity index (χ2n) is 1.51. The Hall–Kier alpha value is -0.350. The van der Waals surface area contributed by atoms with Gasteiger partial charge in [-0.15, -0.1) is 0 Å². The maximum atomic E-state index is 8.58. The van der Waals surface area contributed by atoms with E-state index in [2.05, 4.69) is 20.9 Å². The third-order valence-corrected chi connectivity index (χ3v) is 1.53. The summed E-state index contributed by atoms with van der Waals surface area (Å²) in [4.78, 5) is 3.83. The van der Waals surface area contributed by atoms with Gasteiger partial charge in [-0.05, 0) is 0 Å². The number of alkyl halides is 1. The van der Waals surface area contributed by atoms with Crippen molar-refractivity contribution in [1.82, 2.24) is 4.98 Å². The molecule has 50 valence electrons. The normalized spacial score (nSPS) is 10.0. The largest absolute Gasteiger partial charge is 0.446 e. The third kappa shape index (κ3) is 1.31. The van der Waals surface area contributed by atoms with E-state index >= 15 is 0 Å². The highest BCUT2D eigenvalue weighted by molar-refractivity contribution is 9.08. The maximum Gasteiger partial charge on any atom is 0.181 e. The van der Waals surface area contributed by atoms with E-state index in [4.69, 9.17) is 9.52 Å². The molecule has 1 N–H and O–H groups in total. The van der Waals surface area contributed by atoms with E-state index in [1.165, 1.54) is 6.39 Å². The zero-order valence-corrected chi connectivity index (χ0v) is 6.26. The average Bonchev–Trinajstić information content (AvgIpc) is 2.33. The Kier molecular flexibility index (Phi) is 2.24. The minimum Gasteiger partial charge on any atom is -0.446 e. The Morgan fingerprint density at radius 2 is 2.56 bits per heavy atom. The van der Waals surface area contributed by atoms with Gasteiger partial charge in [0.1, 0.15) is 6.61 Å². The Balaban J connectivity index is 2.85. The van der Waals surface area contributed by atoms with Crippen LogP contribution in [0.5, 0.6) is 0 Å². The van der Waals surface area contributed by atoms with Crippen LogP contribution in [0.1, 0.15) is 11.5 Å². The number of hydrogen-bond acceptors (Lipinski definition) is 3. The smallest absolute Gasteiger partial charge is 0.181 e. The van der Waals surface area contributed by atoms with Crippen LogP contribution >= 0.6 is 15.9 Å². The molecule has 1 aromatic heterocycles. The van der Waals surface area contributed by atoms with Crippen molar-refractivity contribution in [2.45, 2.75) is 11.9 Å². The Morgan fingerprint density at radius 3 is 3.00 bits per heavy atom. The van der Waals surface area contributed by atoms with Crippen molar-refractivity contribution in [2.75, 3.05) is 0 Å². The van der Waals surface area contributed by atoms with Crippen LogP contribution in [-0.4, -0.2) is 10.1 Å². The predicted molar refractivity (Wildman–Crippen MR) is 35.1 cm³/mol. The van der Waals surface area contributed by atoms with Crippen molar-refractivity contribution < 1.29 is 9.52 Å². The summed E-state index contributed by atoms with van der Waals surface area (Å²) in [5.74, 6) is 0.534. The van der Waals surface area contributed by atoms with Crippen LogP contribution in [0.4, 0.5) is 0 Å². The van der Waals surface area contributed by atoms with Gasteiger partial charge in [-0.2, -0.15) is 0 Å². The summed E-state index contributed by atoms with van der Waals surface area (Å²) in [6.45, 7) is -0.0824. The summed E-state index contributed by atoms with van der Waals surface area (Å²) in [5.41, 5.74) is 0.762. The molecule has 0 radical (unpaired) electrons. The molecule has 1 rings (SSSR count). The molecule has 9 heavy (non-hydrogen) atoms. The number of nitrogens with zero attached hydrogens (tertiary/aromatic N) is 1. The van der Waals surface area contributed by atoms with Crippen molar-refractivity contribution in [1.29, 1.82) is 0 Å². The molecule has 1 heterocycles. The molecule has 0 aliphatic heterocycles. The number of aromatic nitrogens is 1. The molecule has 0 aromatic carbocycles. The van der Waals surface area contributed by atoms with E-state index < -0.39 is 0 Å². The number of oxazole rings is 1. The first-order valence-corrected chi connectivity index (χ1v) is 3.58. The molecule has 0 atom stereocenters. The van der Waals surface area contributed by atoms with Crippen molar-refractivity contribution in [3.05, 3.63) is 17.8 Å². The summed E-state index contributed by atoms with van der Waals surface area (Å²) in [6, 6.07) is 0. The number of aliphatic hydroxyl groups excluding tert-OH is 1. The Morgan fingerprint density at radius 1 is 1.78 bits per heavy atom. The van der Waals surface area contributed by atoms with Gasteiger partial charge in [0, 0.05) is 5.33 Å². The fraction of sp³-hybridized carbons (Fsp3) is 0.400. The molecule has 0 fully saturated rings. The summed E-state index contributed by atoms with van der Waals surface area (Å²) < 4.78 is 4.81. The highest BCUT2D eigenvalue weighted by atomic mass is 79.9. The molecule has 0 saturated carbocycles. The highest BCUT2D eigenvalue weighted by Gasteiger charge is 2.02. The van der Waals surface area contributed by atoms with Gasteiger partial charge in [-0.1, -0.05) is 15.9 Å². The molecule has 0 bridgehead atoms. The number of hydrogen-bond donors (Lipinski definition) is 1. The van der Waals surface area contributed by atoms with Gasteiger partial charge in [0.2, 0.25) is 0 Å². The molecular weight excluding hydrogens is 186 g/mol. The van der Waals surface area contributed by atoms with Gasteiger partial charge < -0.3 is 9.52 Å². The Labute approximate surface area is 60.8 Å². The topological polar surface area (TPSA) is 46.3 Å². The van der Waals surface area contributed by atoms with E-state index in [-0.39, 0.29) is 6.61 Å².